The Morgan fingerprint density at radius 1 is 1.37 bits per heavy atom. The highest BCUT2D eigenvalue weighted by Gasteiger charge is 2.22. The Kier molecular flexibility index (Phi) is 7.57. The summed E-state index contributed by atoms with van der Waals surface area (Å²) < 4.78 is 0. The van der Waals surface area contributed by atoms with Gasteiger partial charge < -0.3 is 15.3 Å². The van der Waals surface area contributed by atoms with Gasteiger partial charge in [-0.2, -0.15) is 5.26 Å². The van der Waals surface area contributed by atoms with Crippen LogP contribution in [0.25, 0.3) is 0 Å². The van der Waals surface area contributed by atoms with E-state index in [1.165, 1.54) is 4.90 Å². The first-order valence-electron chi connectivity index (χ1n) is 6.48. The van der Waals surface area contributed by atoms with E-state index in [1.807, 2.05) is 20.8 Å². The maximum Gasteiger partial charge on any atom is 0.317 e. The summed E-state index contributed by atoms with van der Waals surface area (Å²) in [6.45, 7) is 8.12. The Balaban J connectivity index is 4.60. The molecule has 6 nitrogen and oxygen atoms in total. The first-order valence-corrected chi connectivity index (χ1v) is 6.48. The molecule has 0 rings (SSSR count). The van der Waals surface area contributed by atoms with Crippen molar-refractivity contribution >= 4 is 12.0 Å². The molecule has 0 saturated carbocycles. The summed E-state index contributed by atoms with van der Waals surface area (Å²) in [5.41, 5.74) is 0. The van der Waals surface area contributed by atoms with Crippen molar-refractivity contribution in [3.05, 3.63) is 0 Å². The van der Waals surface area contributed by atoms with Gasteiger partial charge in [0.2, 0.25) is 0 Å². The van der Waals surface area contributed by atoms with Crippen LogP contribution in [-0.2, 0) is 4.79 Å². The average molecular weight is 269 g/mol. The summed E-state index contributed by atoms with van der Waals surface area (Å²) >= 11 is 0. The Hall–Kier alpha value is -1.77. The molecule has 2 atom stereocenters. The van der Waals surface area contributed by atoms with E-state index in [2.05, 4.69) is 11.4 Å². The van der Waals surface area contributed by atoms with Crippen LogP contribution in [0.2, 0.25) is 0 Å². The zero-order valence-corrected chi connectivity index (χ0v) is 12.0. The minimum Gasteiger partial charge on any atom is -0.481 e. The second-order valence-corrected chi connectivity index (χ2v) is 4.97. The van der Waals surface area contributed by atoms with Gasteiger partial charge in [0, 0.05) is 19.1 Å². The molecule has 108 valence electrons. The number of carboxylic acid groups (broad SMARTS) is 1. The van der Waals surface area contributed by atoms with Crippen LogP contribution in [0, 0.1) is 23.2 Å². The highest BCUT2D eigenvalue weighted by molar-refractivity contribution is 5.76. The molecule has 0 aromatic carbocycles. The van der Waals surface area contributed by atoms with E-state index in [-0.39, 0.29) is 24.3 Å². The third-order valence-electron chi connectivity index (χ3n) is 2.89. The number of carbonyl (C=O) groups excluding carboxylic acids is 1. The van der Waals surface area contributed by atoms with E-state index in [4.69, 9.17) is 10.4 Å². The van der Waals surface area contributed by atoms with Crippen molar-refractivity contribution in [1.82, 2.24) is 10.2 Å². The van der Waals surface area contributed by atoms with Crippen LogP contribution in [0.5, 0.6) is 0 Å². The maximum atomic E-state index is 12.0. The second kappa shape index (κ2) is 8.35. The van der Waals surface area contributed by atoms with Crippen molar-refractivity contribution in [2.45, 2.75) is 40.2 Å². The van der Waals surface area contributed by atoms with Crippen LogP contribution in [0.4, 0.5) is 4.79 Å². The second-order valence-electron chi connectivity index (χ2n) is 4.97. The van der Waals surface area contributed by atoms with Gasteiger partial charge in [0.05, 0.1) is 18.4 Å². The fourth-order valence-corrected chi connectivity index (χ4v) is 1.62. The molecule has 6 heteroatoms. The van der Waals surface area contributed by atoms with E-state index >= 15 is 0 Å². The molecule has 0 aliphatic carbocycles. The van der Waals surface area contributed by atoms with E-state index in [9.17, 15) is 9.59 Å². The van der Waals surface area contributed by atoms with Gasteiger partial charge in [-0.05, 0) is 19.8 Å². The summed E-state index contributed by atoms with van der Waals surface area (Å²) in [6, 6.07) is 1.36. The Morgan fingerprint density at radius 3 is 2.32 bits per heavy atom. The molecule has 0 fully saturated rings. The van der Waals surface area contributed by atoms with Crippen molar-refractivity contribution in [3.8, 4) is 6.07 Å². The maximum absolute atomic E-state index is 12.0. The lowest BCUT2D eigenvalue weighted by molar-refractivity contribution is -0.137. The van der Waals surface area contributed by atoms with Gasteiger partial charge in [0.1, 0.15) is 0 Å². The summed E-state index contributed by atoms with van der Waals surface area (Å²) in [4.78, 5) is 24.3. The molecule has 2 amide bonds. The standard InChI is InChI=1S/C13H23N3O3/c1-5-16(8-10(4)7-14)13(19)15-11(9(2)3)6-12(17)18/h9-11H,5-6,8H2,1-4H3,(H,15,19)(H,17,18). The van der Waals surface area contributed by atoms with Crippen molar-refractivity contribution in [2.24, 2.45) is 11.8 Å². The summed E-state index contributed by atoms with van der Waals surface area (Å²) in [6.07, 6.45) is -0.102. The highest BCUT2D eigenvalue weighted by Crippen LogP contribution is 2.08. The fourth-order valence-electron chi connectivity index (χ4n) is 1.62. The van der Waals surface area contributed by atoms with E-state index in [1.54, 1.807) is 6.92 Å². The van der Waals surface area contributed by atoms with Crippen molar-refractivity contribution in [2.75, 3.05) is 13.1 Å². The molecule has 0 spiro atoms. The fraction of sp³-hybridized carbons (Fsp3) is 0.769. The number of hydrogen-bond donors (Lipinski definition) is 2. The highest BCUT2D eigenvalue weighted by atomic mass is 16.4. The summed E-state index contributed by atoms with van der Waals surface area (Å²) in [5, 5.41) is 20.3. The number of hydrogen-bond acceptors (Lipinski definition) is 3. The van der Waals surface area contributed by atoms with Gasteiger partial charge in [-0.25, -0.2) is 4.79 Å². The summed E-state index contributed by atoms with van der Waals surface area (Å²) in [7, 11) is 0. The molecular weight excluding hydrogens is 246 g/mol. The normalized spacial score (nSPS) is 13.5. The van der Waals surface area contributed by atoms with Crippen molar-refractivity contribution in [1.29, 1.82) is 5.26 Å². The van der Waals surface area contributed by atoms with Crippen molar-refractivity contribution in [3.63, 3.8) is 0 Å². The molecule has 0 aliphatic heterocycles. The molecule has 0 aromatic rings. The molecule has 0 saturated heterocycles. The number of carboxylic acids is 1. The Labute approximate surface area is 114 Å². The van der Waals surface area contributed by atoms with Gasteiger partial charge in [0.15, 0.2) is 0 Å². The molecule has 0 heterocycles. The van der Waals surface area contributed by atoms with Crippen LogP contribution in [-0.4, -0.2) is 41.1 Å². The van der Waals surface area contributed by atoms with Crippen LogP contribution >= 0.6 is 0 Å². The topological polar surface area (TPSA) is 93.4 Å². The first-order chi connectivity index (χ1) is 8.81. The third-order valence-corrected chi connectivity index (χ3v) is 2.89. The van der Waals surface area contributed by atoms with Gasteiger partial charge in [-0.1, -0.05) is 13.8 Å². The molecule has 0 bridgehead atoms. The molecular formula is C13H23N3O3. The SMILES string of the molecule is CCN(CC(C)C#N)C(=O)NC(CC(=O)O)C(C)C. The summed E-state index contributed by atoms with van der Waals surface area (Å²) in [5.74, 6) is -1.15. The molecule has 2 N–H and O–H groups in total. The largest absolute Gasteiger partial charge is 0.481 e. The number of amides is 2. The number of nitrogens with one attached hydrogen (secondary N) is 1. The van der Waals surface area contributed by atoms with Crippen LogP contribution in [0.3, 0.4) is 0 Å². The molecule has 0 aromatic heterocycles. The number of aliphatic carboxylic acids is 1. The smallest absolute Gasteiger partial charge is 0.317 e. The number of rotatable bonds is 7. The molecule has 2 unspecified atom stereocenters. The number of nitrogens with zero attached hydrogens (tertiary/aromatic N) is 2. The first kappa shape index (κ1) is 17.2. The minimum absolute atomic E-state index is 0.0344. The minimum atomic E-state index is -0.938. The van der Waals surface area contributed by atoms with Gasteiger partial charge in [0.25, 0.3) is 0 Å². The van der Waals surface area contributed by atoms with Gasteiger partial charge >= 0.3 is 12.0 Å². The number of urea groups is 1. The molecule has 0 radical (unpaired) electrons. The lowest BCUT2D eigenvalue weighted by Gasteiger charge is -2.27. The van der Waals surface area contributed by atoms with E-state index in [0.717, 1.165) is 0 Å². The van der Waals surface area contributed by atoms with Crippen LogP contribution in [0.1, 0.15) is 34.1 Å². The Bertz CT molecular complexity index is 350. The van der Waals surface area contributed by atoms with E-state index in [0.29, 0.717) is 13.1 Å². The van der Waals surface area contributed by atoms with Crippen molar-refractivity contribution < 1.29 is 14.7 Å². The van der Waals surface area contributed by atoms with E-state index < -0.39 is 12.0 Å². The average Bonchev–Trinajstić information content (AvgIpc) is 2.33. The monoisotopic (exact) mass is 269 g/mol. The quantitative estimate of drug-likeness (QED) is 0.735. The Morgan fingerprint density at radius 2 is 1.95 bits per heavy atom. The van der Waals surface area contributed by atoms with Gasteiger partial charge in [-0.3, -0.25) is 4.79 Å². The molecule has 0 aliphatic rings. The zero-order valence-electron chi connectivity index (χ0n) is 12.0. The number of carbonyl (C=O) groups is 2. The van der Waals surface area contributed by atoms with Crippen LogP contribution in [0.15, 0.2) is 0 Å². The molecule has 19 heavy (non-hydrogen) atoms. The zero-order chi connectivity index (χ0) is 15.0. The predicted molar refractivity (Wildman–Crippen MR) is 71.4 cm³/mol. The van der Waals surface area contributed by atoms with Crippen LogP contribution < -0.4 is 5.32 Å². The van der Waals surface area contributed by atoms with Gasteiger partial charge in [-0.15, -0.1) is 0 Å². The lowest BCUT2D eigenvalue weighted by Crippen LogP contribution is -2.48. The third kappa shape index (κ3) is 6.65. The lowest BCUT2D eigenvalue weighted by atomic mass is 10.0. The number of nitriles is 1. The predicted octanol–water partition coefficient (Wildman–Crippen LogP) is 1.68.